The first-order valence-corrected chi connectivity index (χ1v) is 6.17. The zero-order chi connectivity index (χ0) is 11.0. The number of hydrogen-bond acceptors (Lipinski definition) is 2. The largest absolute Gasteiger partial charge is 0.317 e. The monoisotopic (exact) mass is 200 g/mol. The van der Waals surface area contributed by atoms with E-state index in [1.807, 2.05) is 13.8 Å². The molecule has 2 nitrogen and oxygen atoms in total. The molecule has 1 heterocycles. The predicted octanol–water partition coefficient (Wildman–Crippen LogP) is 2.40. The van der Waals surface area contributed by atoms with Gasteiger partial charge in [0.15, 0.2) is 0 Å². The number of rotatable bonds is 3. The molecule has 0 spiro atoms. The van der Waals surface area contributed by atoms with Crippen LogP contribution in [0.4, 0.5) is 0 Å². The normalized spacial score (nSPS) is 20.1. The van der Waals surface area contributed by atoms with E-state index < -0.39 is 0 Å². The molecule has 0 aromatic heterocycles. The lowest BCUT2D eigenvalue weighted by molar-refractivity contribution is 0.282. The van der Waals surface area contributed by atoms with Crippen LogP contribution < -0.4 is 10.6 Å². The van der Waals surface area contributed by atoms with Crippen molar-refractivity contribution in [1.29, 1.82) is 0 Å². The van der Waals surface area contributed by atoms with Crippen LogP contribution >= 0.6 is 0 Å². The van der Waals surface area contributed by atoms with E-state index in [0.717, 1.165) is 5.92 Å². The van der Waals surface area contributed by atoms with Crippen molar-refractivity contribution in [1.82, 2.24) is 10.6 Å². The number of nitrogens with one attached hydrogen (secondary N) is 2. The molecule has 86 valence electrons. The fraction of sp³-hybridized carbons (Fsp3) is 1.00. The zero-order valence-electron chi connectivity index (χ0n) is 10.6. The second-order valence-corrected chi connectivity index (χ2v) is 4.20. The van der Waals surface area contributed by atoms with Crippen molar-refractivity contribution in [2.24, 2.45) is 5.92 Å². The molecule has 1 fully saturated rings. The number of hydrogen-bond donors (Lipinski definition) is 2. The van der Waals surface area contributed by atoms with Gasteiger partial charge in [-0.3, -0.25) is 0 Å². The van der Waals surface area contributed by atoms with Crippen molar-refractivity contribution in [3.05, 3.63) is 0 Å². The first-order chi connectivity index (χ1) is 6.70. The van der Waals surface area contributed by atoms with Crippen LogP contribution in [0.2, 0.25) is 0 Å². The molecule has 0 aliphatic carbocycles. The Labute approximate surface area is 89.9 Å². The van der Waals surface area contributed by atoms with Crippen LogP contribution in [0.5, 0.6) is 0 Å². The van der Waals surface area contributed by atoms with E-state index in [-0.39, 0.29) is 0 Å². The Morgan fingerprint density at radius 1 is 1.07 bits per heavy atom. The Morgan fingerprint density at radius 3 is 2.00 bits per heavy atom. The summed E-state index contributed by atoms with van der Waals surface area (Å²) in [6.45, 7) is 13.2. The number of piperidine rings is 1. The SMILES string of the molecule is CC.CC(C)NC(C)C1CCNCC1. The fourth-order valence-corrected chi connectivity index (χ4v) is 2.01. The molecule has 0 saturated carbocycles. The first-order valence-electron chi connectivity index (χ1n) is 6.17. The van der Waals surface area contributed by atoms with E-state index in [1.165, 1.54) is 25.9 Å². The van der Waals surface area contributed by atoms with Crippen molar-refractivity contribution in [3.8, 4) is 0 Å². The Morgan fingerprint density at radius 2 is 1.57 bits per heavy atom. The molecule has 0 aromatic rings. The Hall–Kier alpha value is -0.0800. The highest BCUT2D eigenvalue weighted by molar-refractivity contribution is 4.78. The maximum Gasteiger partial charge on any atom is 0.00703 e. The van der Waals surface area contributed by atoms with Crippen LogP contribution in [0.25, 0.3) is 0 Å². The molecule has 1 atom stereocenters. The molecule has 14 heavy (non-hydrogen) atoms. The maximum atomic E-state index is 3.58. The van der Waals surface area contributed by atoms with Gasteiger partial charge in [-0.15, -0.1) is 0 Å². The van der Waals surface area contributed by atoms with Crippen LogP contribution in [0, 0.1) is 5.92 Å². The van der Waals surface area contributed by atoms with E-state index in [0.29, 0.717) is 12.1 Å². The van der Waals surface area contributed by atoms with Crippen LogP contribution in [0.1, 0.15) is 47.5 Å². The van der Waals surface area contributed by atoms with Crippen LogP contribution in [0.3, 0.4) is 0 Å². The average molecular weight is 200 g/mol. The summed E-state index contributed by atoms with van der Waals surface area (Å²) in [4.78, 5) is 0. The molecule has 1 saturated heterocycles. The van der Waals surface area contributed by atoms with Crippen LogP contribution in [-0.2, 0) is 0 Å². The van der Waals surface area contributed by atoms with Gasteiger partial charge in [0, 0.05) is 12.1 Å². The smallest absolute Gasteiger partial charge is 0.00703 e. The van der Waals surface area contributed by atoms with E-state index in [9.17, 15) is 0 Å². The summed E-state index contributed by atoms with van der Waals surface area (Å²) in [5.74, 6) is 0.883. The summed E-state index contributed by atoms with van der Waals surface area (Å²) in [6, 6.07) is 1.31. The molecule has 2 heteroatoms. The predicted molar refractivity (Wildman–Crippen MR) is 64.7 cm³/mol. The van der Waals surface area contributed by atoms with Gasteiger partial charge in [-0.1, -0.05) is 27.7 Å². The molecule has 1 aliphatic rings. The molecule has 0 bridgehead atoms. The molecule has 0 aromatic carbocycles. The van der Waals surface area contributed by atoms with Crippen LogP contribution in [-0.4, -0.2) is 25.2 Å². The Balaban J connectivity index is 0.000000791. The summed E-state index contributed by atoms with van der Waals surface area (Å²) < 4.78 is 0. The van der Waals surface area contributed by atoms with E-state index in [1.54, 1.807) is 0 Å². The van der Waals surface area contributed by atoms with Gasteiger partial charge >= 0.3 is 0 Å². The quantitative estimate of drug-likeness (QED) is 0.731. The minimum atomic E-state index is 0.620. The van der Waals surface area contributed by atoms with Gasteiger partial charge in [-0.25, -0.2) is 0 Å². The zero-order valence-corrected chi connectivity index (χ0v) is 10.6. The molecule has 1 unspecified atom stereocenters. The lowest BCUT2D eigenvalue weighted by Crippen LogP contribution is -2.42. The summed E-state index contributed by atoms with van der Waals surface area (Å²) in [6.07, 6.45) is 2.67. The van der Waals surface area contributed by atoms with Gasteiger partial charge in [0.25, 0.3) is 0 Å². The van der Waals surface area contributed by atoms with Gasteiger partial charge in [0.05, 0.1) is 0 Å². The van der Waals surface area contributed by atoms with Gasteiger partial charge in [-0.2, -0.15) is 0 Å². The van der Waals surface area contributed by atoms with Crippen molar-refractivity contribution in [2.75, 3.05) is 13.1 Å². The molecular weight excluding hydrogens is 172 g/mol. The lowest BCUT2D eigenvalue weighted by Gasteiger charge is -2.30. The van der Waals surface area contributed by atoms with Gasteiger partial charge < -0.3 is 10.6 Å². The molecule has 1 aliphatic heterocycles. The highest BCUT2D eigenvalue weighted by Crippen LogP contribution is 2.16. The van der Waals surface area contributed by atoms with Gasteiger partial charge in [0.2, 0.25) is 0 Å². The fourth-order valence-electron chi connectivity index (χ4n) is 2.01. The second-order valence-electron chi connectivity index (χ2n) is 4.20. The maximum absolute atomic E-state index is 3.58. The minimum Gasteiger partial charge on any atom is -0.317 e. The second kappa shape index (κ2) is 8.25. The third kappa shape index (κ3) is 5.61. The van der Waals surface area contributed by atoms with E-state index in [2.05, 4.69) is 31.4 Å². The molecule has 1 rings (SSSR count). The highest BCUT2D eigenvalue weighted by Gasteiger charge is 2.19. The van der Waals surface area contributed by atoms with Gasteiger partial charge in [-0.05, 0) is 38.8 Å². The Bertz CT molecular complexity index is 117. The third-order valence-corrected chi connectivity index (χ3v) is 2.69. The first kappa shape index (κ1) is 13.9. The van der Waals surface area contributed by atoms with E-state index >= 15 is 0 Å². The average Bonchev–Trinajstić information content (AvgIpc) is 2.21. The van der Waals surface area contributed by atoms with Crippen molar-refractivity contribution in [3.63, 3.8) is 0 Å². The lowest BCUT2D eigenvalue weighted by atomic mass is 9.91. The topological polar surface area (TPSA) is 24.1 Å². The van der Waals surface area contributed by atoms with Gasteiger partial charge in [0.1, 0.15) is 0 Å². The third-order valence-electron chi connectivity index (χ3n) is 2.69. The molecule has 2 N–H and O–H groups in total. The molecular formula is C12H28N2. The minimum absolute atomic E-state index is 0.620. The highest BCUT2D eigenvalue weighted by atomic mass is 15.0. The summed E-state index contributed by atoms with van der Waals surface area (Å²) in [5.41, 5.74) is 0. The Kier molecular flexibility index (Phi) is 8.20. The standard InChI is InChI=1S/C10H22N2.C2H6/c1-8(2)12-9(3)10-4-6-11-7-5-10;1-2/h8-12H,4-7H2,1-3H3;1-2H3. The van der Waals surface area contributed by atoms with Crippen molar-refractivity contribution in [2.45, 2.75) is 59.5 Å². The van der Waals surface area contributed by atoms with Crippen molar-refractivity contribution < 1.29 is 0 Å². The van der Waals surface area contributed by atoms with E-state index in [4.69, 9.17) is 0 Å². The summed E-state index contributed by atoms with van der Waals surface area (Å²) >= 11 is 0. The molecule has 0 radical (unpaired) electrons. The van der Waals surface area contributed by atoms with Crippen molar-refractivity contribution >= 4 is 0 Å². The summed E-state index contributed by atoms with van der Waals surface area (Å²) in [5, 5.41) is 6.98. The summed E-state index contributed by atoms with van der Waals surface area (Å²) in [7, 11) is 0. The molecule has 0 amide bonds. The van der Waals surface area contributed by atoms with Crippen LogP contribution in [0.15, 0.2) is 0 Å².